The summed E-state index contributed by atoms with van der Waals surface area (Å²) in [5, 5.41) is 2.95. The molecule has 35 heavy (non-hydrogen) atoms. The molecule has 2 amide bonds. The molecule has 6 rings (SSSR count). The van der Waals surface area contributed by atoms with Crippen molar-refractivity contribution in [3.8, 4) is 11.1 Å². The van der Waals surface area contributed by atoms with Gasteiger partial charge in [-0.1, -0.05) is 98.8 Å². The lowest BCUT2D eigenvalue weighted by atomic mass is 9.93. The molecule has 4 heteroatoms. The molecule has 0 fully saturated rings. The Morgan fingerprint density at radius 3 is 2.11 bits per heavy atom. The number of carbonyl (C=O) groups is 2. The minimum Gasteiger partial charge on any atom is -0.270 e. The number of fused-ring (bicyclic) bond motifs is 4. The monoisotopic (exact) mass is 456 g/mol. The van der Waals surface area contributed by atoms with Gasteiger partial charge in [0.2, 0.25) is 0 Å². The average molecular weight is 457 g/mol. The van der Waals surface area contributed by atoms with E-state index in [4.69, 9.17) is 4.98 Å². The van der Waals surface area contributed by atoms with Crippen LogP contribution < -0.4 is 0 Å². The first kappa shape index (κ1) is 21.2. The van der Waals surface area contributed by atoms with Crippen LogP contribution in [0.3, 0.4) is 0 Å². The van der Waals surface area contributed by atoms with Gasteiger partial charge in [-0.15, -0.1) is 0 Å². The molecule has 0 atom stereocenters. The Morgan fingerprint density at radius 1 is 0.686 bits per heavy atom. The van der Waals surface area contributed by atoms with Crippen LogP contribution in [0.5, 0.6) is 0 Å². The van der Waals surface area contributed by atoms with Crippen molar-refractivity contribution in [3.05, 3.63) is 113 Å². The predicted molar refractivity (Wildman–Crippen MR) is 139 cm³/mol. The lowest BCUT2D eigenvalue weighted by molar-refractivity contribution is 0.0642. The second-order valence-corrected chi connectivity index (χ2v) is 9.30. The zero-order valence-corrected chi connectivity index (χ0v) is 19.7. The number of hydrogen-bond donors (Lipinski definition) is 0. The highest BCUT2D eigenvalue weighted by Crippen LogP contribution is 2.38. The van der Waals surface area contributed by atoms with E-state index in [2.05, 4.69) is 30.3 Å². The summed E-state index contributed by atoms with van der Waals surface area (Å²) in [4.78, 5) is 33.7. The molecular weight excluding hydrogens is 432 g/mol. The number of rotatable bonds is 4. The van der Waals surface area contributed by atoms with Crippen LogP contribution in [0.4, 0.5) is 0 Å². The van der Waals surface area contributed by atoms with Gasteiger partial charge in [0, 0.05) is 5.39 Å². The second-order valence-electron chi connectivity index (χ2n) is 9.30. The highest BCUT2D eigenvalue weighted by Gasteiger charge is 2.40. The summed E-state index contributed by atoms with van der Waals surface area (Å²) in [6, 6.07) is 30.0. The van der Waals surface area contributed by atoms with Crippen LogP contribution >= 0.6 is 0 Å². The number of carbonyl (C=O) groups excluding carboxylic acids is 2. The number of hydrogen-bond acceptors (Lipinski definition) is 3. The molecule has 0 saturated carbocycles. The molecule has 0 saturated heterocycles. The van der Waals surface area contributed by atoms with Gasteiger partial charge in [0.1, 0.15) is 0 Å². The van der Waals surface area contributed by atoms with E-state index in [1.807, 2.05) is 74.5 Å². The van der Waals surface area contributed by atoms with Gasteiger partial charge in [-0.2, -0.15) is 0 Å². The molecule has 0 spiro atoms. The molecule has 4 aromatic carbocycles. The average Bonchev–Trinajstić information content (AvgIpc) is 3.14. The molecule has 5 aromatic rings. The van der Waals surface area contributed by atoms with E-state index in [9.17, 15) is 9.59 Å². The lowest BCUT2D eigenvalue weighted by Crippen LogP contribution is -2.29. The number of benzene rings is 4. The van der Waals surface area contributed by atoms with Gasteiger partial charge in [0.25, 0.3) is 11.8 Å². The lowest BCUT2D eigenvalue weighted by Gasteiger charge is -2.19. The van der Waals surface area contributed by atoms with Crippen LogP contribution in [0, 0.1) is 0 Å². The highest BCUT2D eigenvalue weighted by molar-refractivity contribution is 6.26. The summed E-state index contributed by atoms with van der Waals surface area (Å²) < 4.78 is 0. The van der Waals surface area contributed by atoms with Crippen LogP contribution in [-0.2, 0) is 6.54 Å². The van der Waals surface area contributed by atoms with E-state index >= 15 is 0 Å². The molecule has 0 aliphatic carbocycles. The Morgan fingerprint density at radius 2 is 1.34 bits per heavy atom. The van der Waals surface area contributed by atoms with E-state index in [1.54, 1.807) is 0 Å². The molecule has 0 N–H and O–H groups in total. The van der Waals surface area contributed by atoms with E-state index in [0.29, 0.717) is 16.8 Å². The number of aromatic nitrogens is 1. The molecule has 170 valence electrons. The summed E-state index contributed by atoms with van der Waals surface area (Å²) in [5.74, 6) is -0.498. The Kier molecular flexibility index (Phi) is 4.96. The van der Waals surface area contributed by atoms with E-state index in [0.717, 1.165) is 38.4 Å². The fraction of sp³-hybridized carbons (Fsp3) is 0.129. The zero-order chi connectivity index (χ0) is 24.1. The standard InChI is InChI=1S/C31H24N2O2/c1-19(2)29-28-27(24-14-8-9-15-25(24)32-29)30(34)33(31(28)35)18-22-17-16-20-10-6-7-13-23(20)26(22)21-11-4-3-5-12-21/h3-17,19H,18H2,1-2H3. The van der Waals surface area contributed by atoms with Crippen molar-refractivity contribution in [2.24, 2.45) is 0 Å². The van der Waals surface area contributed by atoms with Crippen molar-refractivity contribution >= 4 is 33.5 Å². The quantitative estimate of drug-likeness (QED) is 0.274. The molecule has 2 heterocycles. The number of nitrogens with zero attached hydrogens (tertiary/aromatic N) is 2. The molecule has 1 aliphatic heterocycles. The van der Waals surface area contributed by atoms with Crippen molar-refractivity contribution in [1.29, 1.82) is 0 Å². The van der Waals surface area contributed by atoms with Crippen molar-refractivity contribution in [1.82, 2.24) is 9.88 Å². The first-order chi connectivity index (χ1) is 17.0. The van der Waals surface area contributed by atoms with Crippen LogP contribution in [0.1, 0.15) is 51.7 Å². The summed E-state index contributed by atoms with van der Waals surface area (Å²) in [5.41, 5.74) is 5.40. The van der Waals surface area contributed by atoms with Gasteiger partial charge < -0.3 is 0 Å². The second kappa shape index (κ2) is 8.17. The summed E-state index contributed by atoms with van der Waals surface area (Å²) in [7, 11) is 0. The van der Waals surface area contributed by atoms with Gasteiger partial charge in [-0.25, -0.2) is 0 Å². The maximum atomic E-state index is 13.8. The van der Waals surface area contributed by atoms with Gasteiger partial charge in [-0.05, 0) is 39.4 Å². The number of pyridine rings is 1. The molecular formula is C31H24N2O2. The topological polar surface area (TPSA) is 50.3 Å². The third kappa shape index (κ3) is 3.33. The van der Waals surface area contributed by atoms with Crippen molar-refractivity contribution in [2.45, 2.75) is 26.3 Å². The third-order valence-electron chi connectivity index (χ3n) is 6.79. The Balaban J connectivity index is 1.52. The first-order valence-corrected chi connectivity index (χ1v) is 11.9. The molecule has 0 bridgehead atoms. The fourth-order valence-electron chi connectivity index (χ4n) is 5.16. The number of imide groups is 1. The minimum absolute atomic E-state index is 0.0191. The minimum atomic E-state index is -0.265. The van der Waals surface area contributed by atoms with Gasteiger partial charge >= 0.3 is 0 Å². The zero-order valence-electron chi connectivity index (χ0n) is 19.7. The summed E-state index contributed by atoms with van der Waals surface area (Å²) in [6.07, 6.45) is 0. The van der Waals surface area contributed by atoms with Crippen LogP contribution in [0.2, 0.25) is 0 Å². The van der Waals surface area contributed by atoms with Crippen molar-refractivity contribution < 1.29 is 9.59 Å². The maximum absolute atomic E-state index is 13.8. The van der Waals surface area contributed by atoms with Crippen LogP contribution in [-0.4, -0.2) is 21.7 Å². The molecule has 1 aliphatic rings. The fourth-order valence-corrected chi connectivity index (χ4v) is 5.16. The predicted octanol–water partition coefficient (Wildman–Crippen LogP) is 6.97. The summed E-state index contributed by atoms with van der Waals surface area (Å²) >= 11 is 0. The van der Waals surface area contributed by atoms with E-state index in [-0.39, 0.29) is 24.3 Å². The third-order valence-corrected chi connectivity index (χ3v) is 6.79. The largest absolute Gasteiger partial charge is 0.270 e. The Bertz CT molecular complexity index is 1640. The number of amides is 2. The van der Waals surface area contributed by atoms with Gasteiger partial charge in [0.05, 0.1) is 28.9 Å². The normalized spacial score (nSPS) is 13.3. The van der Waals surface area contributed by atoms with Crippen molar-refractivity contribution in [3.63, 3.8) is 0 Å². The maximum Gasteiger partial charge on any atom is 0.263 e. The van der Waals surface area contributed by atoms with Crippen LogP contribution in [0.25, 0.3) is 32.8 Å². The first-order valence-electron chi connectivity index (χ1n) is 11.9. The molecule has 0 unspecified atom stereocenters. The Labute approximate surface area is 203 Å². The summed E-state index contributed by atoms with van der Waals surface area (Å²) in [6.45, 7) is 4.22. The van der Waals surface area contributed by atoms with Crippen molar-refractivity contribution in [2.75, 3.05) is 0 Å². The van der Waals surface area contributed by atoms with E-state index < -0.39 is 0 Å². The SMILES string of the molecule is CC(C)c1nc2ccccc2c2c1C(=O)N(Cc1ccc3ccccc3c1-c1ccccc1)C2=O. The molecule has 0 radical (unpaired) electrons. The smallest absolute Gasteiger partial charge is 0.263 e. The van der Waals surface area contributed by atoms with E-state index in [1.165, 1.54) is 4.90 Å². The number of para-hydroxylation sites is 1. The van der Waals surface area contributed by atoms with Gasteiger partial charge in [-0.3, -0.25) is 19.5 Å². The van der Waals surface area contributed by atoms with Gasteiger partial charge in [0.15, 0.2) is 0 Å². The highest BCUT2D eigenvalue weighted by atomic mass is 16.2. The Hall–Kier alpha value is -4.31. The molecule has 1 aromatic heterocycles. The van der Waals surface area contributed by atoms with Crippen LogP contribution in [0.15, 0.2) is 91.0 Å². The molecule has 4 nitrogen and oxygen atoms in total.